The van der Waals surface area contributed by atoms with Crippen LogP contribution in [0, 0.1) is 5.41 Å². The lowest BCUT2D eigenvalue weighted by molar-refractivity contribution is 0.0947. The average Bonchev–Trinajstić information content (AvgIpc) is 3.19. The second-order valence-electron chi connectivity index (χ2n) is 6.84. The topological polar surface area (TPSA) is 102 Å². The molecule has 0 fully saturated rings. The molecule has 1 aromatic heterocycles. The van der Waals surface area contributed by atoms with Gasteiger partial charge in [-0.1, -0.05) is 18.2 Å². The molecule has 0 saturated heterocycles. The third-order valence-corrected chi connectivity index (χ3v) is 5.47. The van der Waals surface area contributed by atoms with Crippen LogP contribution in [0.2, 0.25) is 0 Å². The van der Waals surface area contributed by atoms with E-state index in [0.29, 0.717) is 41.7 Å². The predicted octanol–water partition coefficient (Wildman–Crippen LogP) is 2.88. The fourth-order valence-electron chi connectivity index (χ4n) is 3.50. The average molecular weight is 426 g/mol. The molecular formula is C21H23N5O3S. The molecule has 2 heterocycles. The summed E-state index contributed by atoms with van der Waals surface area (Å²) in [5, 5.41) is 15.7. The maximum absolute atomic E-state index is 12.5. The summed E-state index contributed by atoms with van der Waals surface area (Å²) < 4.78 is 10.7. The van der Waals surface area contributed by atoms with Crippen molar-refractivity contribution in [3.8, 4) is 11.5 Å². The molecule has 1 aliphatic rings. The van der Waals surface area contributed by atoms with E-state index in [1.807, 2.05) is 30.3 Å². The number of rotatable bonds is 6. The highest BCUT2D eigenvalue weighted by molar-refractivity contribution is 7.81. The van der Waals surface area contributed by atoms with E-state index in [2.05, 4.69) is 28.2 Å². The molecule has 0 radical (unpaired) electrons. The number of aromatic amines is 1. The Morgan fingerprint density at radius 2 is 1.93 bits per heavy atom. The molecule has 8 nitrogen and oxygen atoms in total. The molecular weight excluding hydrogens is 402 g/mol. The first-order valence-electron chi connectivity index (χ1n) is 9.44. The van der Waals surface area contributed by atoms with Crippen molar-refractivity contribution in [2.45, 2.75) is 5.50 Å². The number of hydrogen-bond acceptors (Lipinski definition) is 6. The van der Waals surface area contributed by atoms with Crippen molar-refractivity contribution in [3.05, 3.63) is 53.7 Å². The summed E-state index contributed by atoms with van der Waals surface area (Å²) in [6, 6.07) is 13.1. The normalized spacial score (nSPS) is 15.5. The second-order valence-corrected chi connectivity index (χ2v) is 7.33. The number of carbonyl (C=O) groups excluding carboxylic acids is 1. The fourth-order valence-corrected chi connectivity index (χ4v) is 3.87. The molecule has 4 rings (SSSR count). The van der Waals surface area contributed by atoms with Gasteiger partial charge < -0.3 is 30.0 Å². The van der Waals surface area contributed by atoms with E-state index in [4.69, 9.17) is 14.9 Å². The van der Waals surface area contributed by atoms with E-state index in [9.17, 15) is 4.79 Å². The minimum Gasteiger partial charge on any atom is -0.493 e. The number of aromatic nitrogens is 1. The van der Waals surface area contributed by atoms with Crippen molar-refractivity contribution in [2.75, 3.05) is 32.6 Å². The van der Waals surface area contributed by atoms with E-state index < -0.39 is 5.50 Å². The highest BCUT2D eigenvalue weighted by atomic mass is 32.1. The number of benzene rings is 2. The van der Waals surface area contributed by atoms with Crippen molar-refractivity contribution in [1.82, 2.24) is 15.2 Å². The first-order valence-corrected chi connectivity index (χ1v) is 9.95. The van der Waals surface area contributed by atoms with E-state index in [1.54, 1.807) is 31.3 Å². The van der Waals surface area contributed by atoms with Crippen LogP contribution >= 0.6 is 12.6 Å². The van der Waals surface area contributed by atoms with Crippen molar-refractivity contribution >= 4 is 41.0 Å². The number of thiol groups is 1. The highest BCUT2D eigenvalue weighted by Gasteiger charge is 2.28. The Bertz CT molecular complexity index is 1080. The van der Waals surface area contributed by atoms with Gasteiger partial charge in [0.2, 0.25) is 0 Å². The summed E-state index contributed by atoms with van der Waals surface area (Å²) in [6.45, 7) is 0.775. The van der Waals surface area contributed by atoms with E-state index in [0.717, 1.165) is 16.6 Å². The first-order chi connectivity index (χ1) is 14.5. The minimum absolute atomic E-state index is 0.190. The number of anilines is 1. The van der Waals surface area contributed by atoms with Gasteiger partial charge in [-0.25, -0.2) is 0 Å². The van der Waals surface area contributed by atoms with Gasteiger partial charge in [0.25, 0.3) is 5.91 Å². The Labute approximate surface area is 179 Å². The van der Waals surface area contributed by atoms with Crippen LogP contribution in [0.4, 0.5) is 5.69 Å². The monoisotopic (exact) mass is 425 g/mol. The smallest absolute Gasteiger partial charge is 0.267 e. The van der Waals surface area contributed by atoms with Crippen molar-refractivity contribution in [3.63, 3.8) is 0 Å². The zero-order chi connectivity index (χ0) is 21.3. The van der Waals surface area contributed by atoms with Gasteiger partial charge in [0.15, 0.2) is 11.5 Å². The molecule has 1 atom stereocenters. The summed E-state index contributed by atoms with van der Waals surface area (Å²) in [5.41, 5.74) is 2.44. The Balaban J connectivity index is 1.43. The van der Waals surface area contributed by atoms with Gasteiger partial charge in [0.1, 0.15) is 17.0 Å². The van der Waals surface area contributed by atoms with Crippen LogP contribution in [-0.4, -0.2) is 54.4 Å². The third-order valence-electron chi connectivity index (χ3n) is 5.06. The van der Waals surface area contributed by atoms with Gasteiger partial charge in [-0.15, -0.1) is 12.6 Å². The van der Waals surface area contributed by atoms with Gasteiger partial charge in [-0.05, 0) is 18.2 Å². The molecule has 0 spiro atoms. The lowest BCUT2D eigenvalue weighted by Crippen LogP contribution is -2.48. The Kier molecular flexibility index (Phi) is 5.45. The van der Waals surface area contributed by atoms with Crippen LogP contribution < -0.4 is 20.1 Å². The Morgan fingerprint density at radius 3 is 2.67 bits per heavy atom. The Morgan fingerprint density at radius 1 is 1.20 bits per heavy atom. The summed E-state index contributed by atoms with van der Waals surface area (Å²) in [6.07, 6.45) is 0. The molecule has 1 aliphatic heterocycles. The lowest BCUT2D eigenvalue weighted by atomic mass is 10.1. The number of methoxy groups -OCH3 is 2. The number of carbonyl (C=O) groups is 1. The molecule has 30 heavy (non-hydrogen) atoms. The molecule has 1 unspecified atom stereocenters. The summed E-state index contributed by atoms with van der Waals surface area (Å²) in [4.78, 5) is 17.4. The SMILES string of the molecule is COc1cc2c(cc1OC)C(=N)N(CCNC(=O)c1cc3ccccc3[nH]1)C(S)N2. The minimum atomic E-state index is -0.409. The standard InChI is InChI=1S/C21H23N5O3S/c1-28-17-10-13-15(11-18(17)29-2)25-21(30)26(19(13)22)8-7-23-20(27)16-9-12-5-3-4-6-14(12)24-16/h3-6,9-11,21-22,24-25,30H,7-8H2,1-2H3,(H,23,27). The zero-order valence-corrected chi connectivity index (χ0v) is 17.5. The number of hydrogen-bond donors (Lipinski definition) is 5. The molecule has 4 N–H and O–H groups in total. The molecule has 1 amide bonds. The van der Waals surface area contributed by atoms with Crippen LogP contribution in [-0.2, 0) is 0 Å². The van der Waals surface area contributed by atoms with Crippen LogP contribution in [0.5, 0.6) is 11.5 Å². The molecule has 0 aliphatic carbocycles. The van der Waals surface area contributed by atoms with E-state index >= 15 is 0 Å². The zero-order valence-electron chi connectivity index (χ0n) is 16.7. The molecule has 3 aromatic rings. The number of H-pyrrole nitrogens is 1. The first kappa shape index (κ1) is 20.0. The largest absolute Gasteiger partial charge is 0.493 e. The van der Waals surface area contributed by atoms with Crippen LogP contribution in [0.1, 0.15) is 16.1 Å². The Hall–Kier alpha value is -3.33. The second kappa shape index (κ2) is 8.19. The van der Waals surface area contributed by atoms with Gasteiger partial charge in [-0.3, -0.25) is 10.2 Å². The van der Waals surface area contributed by atoms with E-state index in [-0.39, 0.29) is 5.91 Å². The fraction of sp³-hybridized carbons (Fsp3) is 0.238. The molecule has 9 heteroatoms. The highest BCUT2D eigenvalue weighted by Crippen LogP contribution is 2.37. The third kappa shape index (κ3) is 3.63. The van der Waals surface area contributed by atoms with Crippen molar-refractivity contribution in [2.24, 2.45) is 0 Å². The molecule has 156 valence electrons. The summed E-state index contributed by atoms with van der Waals surface area (Å²) >= 11 is 4.56. The molecule has 0 bridgehead atoms. The lowest BCUT2D eigenvalue weighted by Gasteiger charge is -2.37. The molecule has 2 aromatic carbocycles. The summed E-state index contributed by atoms with van der Waals surface area (Å²) in [5.74, 6) is 1.23. The van der Waals surface area contributed by atoms with Crippen molar-refractivity contribution < 1.29 is 14.3 Å². The molecule has 0 saturated carbocycles. The maximum Gasteiger partial charge on any atom is 0.267 e. The van der Waals surface area contributed by atoms with E-state index in [1.165, 1.54) is 0 Å². The van der Waals surface area contributed by atoms with Crippen LogP contribution in [0.15, 0.2) is 42.5 Å². The number of ether oxygens (including phenoxy) is 2. The maximum atomic E-state index is 12.5. The predicted molar refractivity (Wildman–Crippen MR) is 120 cm³/mol. The number of para-hydroxylation sites is 1. The van der Waals surface area contributed by atoms with Crippen LogP contribution in [0.3, 0.4) is 0 Å². The number of amidine groups is 1. The van der Waals surface area contributed by atoms with Gasteiger partial charge >= 0.3 is 0 Å². The number of amides is 1. The number of nitrogens with one attached hydrogen (secondary N) is 4. The van der Waals surface area contributed by atoms with Gasteiger partial charge in [0, 0.05) is 35.6 Å². The summed E-state index contributed by atoms with van der Waals surface area (Å²) in [7, 11) is 3.13. The number of nitrogens with zero attached hydrogens (tertiary/aromatic N) is 1. The number of fused-ring (bicyclic) bond motifs is 2. The van der Waals surface area contributed by atoms with Gasteiger partial charge in [0.05, 0.1) is 19.9 Å². The van der Waals surface area contributed by atoms with Crippen LogP contribution in [0.25, 0.3) is 10.9 Å². The quantitative estimate of drug-likeness (QED) is 0.391. The van der Waals surface area contributed by atoms with Gasteiger partial charge in [-0.2, -0.15) is 0 Å². The van der Waals surface area contributed by atoms with Crippen molar-refractivity contribution in [1.29, 1.82) is 5.41 Å².